The summed E-state index contributed by atoms with van der Waals surface area (Å²) in [7, 11) is 0. The van der Waals surface area contributed by atoms with Gasteiger partial charge in [0, 0.05) is 28.9 Å². The maximum Gasteiger partial charge on any atom is 0.128 e. The largest absolute Gasteiger partial charge is 0.493 e. The number of anilines is 1. The topological polar surface area (TPSA) is 48.1 Å². The number of nitrogens with two attached hydrogens (primary N) is 1. The number of ether oxygens (including phenoxy) is 1. The van der Waals surface area contributed by atoms with Crippen molar-refractivity contribution in [2.24, 2.45) is 5.92 Å². The predicted molar refractivity (Wildman–Crippen MR) is 73.6 cm³/mol. The molecule has 0 unspecified atom stereocenters. The standard InChI is InChI=1S/C15H18N2O/c16-14-5-6-15(13-9-17-8-7-12(13)14)18-10-11-3-1-2-4-11/h5-9,11H,1-4,10,16H2. The van der Waals surface area contributed by atoms with Gasteiger partial charge in [-0.3, -0.25) is 4.98 Å². The van der Waals surface area contributed by atoms with Crippen LogP contribution in [-0.2, 0) is 0 Å². The first-order valence-corrected chi connectivity index (χ1v) is 6.59. The monoisotopic (exact) mass is 242 g/mol. The van der Waals surface area contributed by atoms with Crippen LogP contribution in [0.5, 0.6) is 5.75 Å². The molecule has 1 heterocycles. The fraction of sp³-hybridized carbons (Fsp3) is 0.400. The van der Waals surface area contributed by atoms with Crippen molar-refractivity contribution < 1.29 is 4.74 Å². The van der Waals surface area contributed by atoms with Gasteiger partial charge in [-0.15, -0.1) is 0 Å². The molecule has 1 aromatic heterocycles. The molecule has 3 nitrogen and oxygen atoms in total. The molecule has 1 aliphatic rings. The van der Waals surface area contributed by atoms with E-state index >= 15 is 0 Å². The molecule has 0 atom stereocenters. The molecule has 94 valence electrons. The molecule has 18 heavy (non-hydrogen) atoms. The lowest BCUT2D eigenvalue weighted by molar-refractivity contribution is 0.255. The van der Waals surface area contributed by atoms with Crippen molar-refractivity contribution in [3.8, 4) is 5.75 Å². The molecule has 0 spiro atoms. The SMILES string of the molecule is Nc1ccc(OCC2CCCC2)c2cnccc12. The first-order valence-electron chi connectivity index (χ1n) is 6.59. The summed E-state index contributed by atoms with van der Waals surface area (Å²) in [4.78, 5) is 4.16. The van der Waals surface area contributed by atoms with Gasteiger partial charge in [-0.05, 0) is 37.0 Å². The van der Waals surface area contributed by atoms with E-state index in [9.17, 15) is 0 Å². The highest BCUT2D eigenvalue weighted by molar-refractivity contribution is 5.96. The van der Waals surface area contributed by atoms with Crippen LogP contribution >= 0.6 is 0 Å². The second-order valence-electron chi connectivity index (χ2n) is 5.04. The fourth-order valence-electron chi connectivity index (χ4n) is 2.70. The second-order valence-corrected chi connectivity index (χ2v) is 5.04. The van der Waals surface area contributed by atoms with Crippen LogP contribution in [0.25, 0.3) is 10.8 Å². The van der Waals surface area contributed by atoms with E-state index in [0.29, 0.717) is 5.92 Å². The lowest BCUT2D eigenvalue weighted by atomic mass is 10.1. The lowest BCUT2D eigenvalue weighted by Crippen LogP contribution is -2.08. The van der Waals surface area contributed by atoms with Crippen molar-refractivity contribution in [1.29, 1.82) is 0 Å². The molecular weight excluding hydrogens is 224 g/mol. The number of hydrogen-bond acceptors (Lipinski definition) is 3. The predicted octanol–water partition coefficient (Wildman–Crippen LogP) is 3.39. The van der Waals surface area contributed by atoms with Crippen LogP contribution in [0.3, 0.4) is 0 Å². The highest BCUT2D eigenvalue weighted by Crippen LogP contribution is 2.31. The van der Waals surface area contributed by atoms with Crippen molar-refractivity contribution >= 4 is 16.5 Å². The number of pyridine rings is 1. The number of fused-ring (bicyclic) bond motifs is 1. The third kappa shape index (κ3) is 2.13. The van der Waals surface area contributed by atoms with Crippen LogP contribution in [0.15, 0.2) is 30.6 Å². The van der Waals surface area contributed by atoms with Crippen molar-refractivity contribution in [2.45, 2.75) is 25.7 Å². The summed E-state index contributed by atoms with van der Waals surface area (Å²) in [6.45, 7) is 0.813. The van der Waals surface area contributed by atoms with Gasteiger partial charge in [0.1, 0.15) is 5.75 Å². The minimum absolute atomic E-state index is 0.717. The van der Waals surface area contributed by atoms with Crippen molar-refractivity contribution in [2.75, 3.05) is 12.3 Å². The van der Waals surface area contributed by atoms with E-state index in [4.69, 9.17) is 10.5 Å². The van der Waals surface area contributed by atoms with Crippen LogP contribution in [0.4, 0.5) is 5.69 Å². The normalized spacial score (nSPS) is 16.2. The average molecular weight is 242 g/mol. The number of nitrogens with zero attached hydrogens (tertiary/aromatic N) is 1. The quantitative estimate of drug-likeness (QED) is 0.839. The van der Waals surface area contributed by atoms with Gasteiger partial charge in [-0.25, -0.2) is 0 Å². The van der Waals surface area contributed by atoms with Gasteiger partial charge in [0.25, 0.3) is 0 Å². The van der Waals surface area contributed by atoms with E-state index in [-0.39, 0.29) is 0 Å². The molecular formula is C15H18N2O. The van der Waals surface area contributed by atoms with E-state index in [0.717, 1.165) is 28.8 Å². The maximum absolute atomic E-state index is 5.96. The summed E-state index contributed by atoms with van der Waals surface area (Å²) >= 11 is 0. The Labute approximate surface area is 107 Å². The molecule has 1 aliphatic carbocycles. The van der Waals surface area contributed by atoms with E-state index in [1.54, 1.807) is 6.20 Å². The summed E-state index contributed by atoms with van der Waals surface area (Å²) in [5.74, 6) is 1.62. The highest BCUT2D eigenvalue weighted by atomic mass is 16.5. The summed E-state index contributed by atoms with van der Waals surface area (Å²) < 4.78 is 5.96. The molecule has 2 N–H and O–H groups in total. The molecule has 3 heteroatoms. The summed E-state index contributed by atoms with van der Waals surface area (Å²) in [5.41, 5.74) is 6.74. The summed E-state index contributed by atoms with van der Waals surface area (Å²) in [5, 5.41) is 2.03. The second kappa shape index (κ2) is 4.84. The van der Waals surface area contributed by atoms with Crippen LogP contribution < -0.4 is 10.5 Å². The van der Waals surface area contributed by atoms with Crippen molar-refractivity contribution in [3.05, 3.63) is 30.6 Å². The smallest absolute Gasteiger partial charge is 0.128 e. The Bertz CT molecular complexity index is 547. The Kier molecular flexibility index (Phi) is 3.05. The van der Waals surface area contributed by atoms with E-state index in [1.807, 2.05) is 24.4 Å². The number of hydrogen-bond donors (Lipinski definition) is 1. The minimum Gasteiger partial charge on any atom is -0.493 e. The third-order valence-corrected chi connectivity index (χ3v) is 3.76. The van der Waals surface area contributed by atoms with E-state index in [2.05, 4.69) is 4.98 Å². The number of aromatic nitrogens is 1. The lowest BCUT2D eigenvalue weighted by Gasteiger charge is -2.13. The van der Waals surface area contributed by atoms with Gasteiger partial charge >= 0.3 is 0 Å². The molecule has 0 saturated heterocycles. The molecule has 1 aromatic carbocycles. The molecule has 3 rings (SSSR count). The zero-order valence-electron chi connectivity index (χ0n) is 10.4. The molecule has 0 amide bonds. The van der Waals surface area contributed by atoms with Crippen LogP contribution in [-0.4, -0.2) is 11.6 Å². The average Bonchev–Trinajstić information content (AvgIpc) is 2.92. The third-order valence-electron chi connectivity index (χ3n) is 3.76. The minimum atomic E-state index is 0.717. The molecule has 1 saturated carbocycles. The first-order chi connectivity index (χ1) is 8.84. The molecule has 0 aliphatic heterocycles. The van der Waals surface area contributed by atoms with Crippen LogP contribution in [0, 0.1) is 5.92 Å². The Balaban J connectivity index is 1.85. The highest BCUT2D eigenvalue weighted by Gasteiger charge is 2.16. The van der Waals surface area contributed by atoms with Gasteiger partial charge in [0.05, 0.1) is 6.61 Å². The van der Waals surface area contributed by atoms with E-state index < -0.39 is 0 Å². The van der Waals surface area contributed by atoms with Crippen LogP contribution in [0.1, 0.15) is 25.7 Å². The Morgan fingerprint density at radius 2 is 2.00 bits per heavy atom. The van der Waals surface area contributed by atoms with Crippen LogP contribution in [0.2, 0.25) is 0 Å². The fourth-order valence-corrected chi connectivity index (χ4v) is 2.70. The van der Waals surface area contributed by atoms with Gasteiger partial charge in [-0.2, -0.15) is 0 Å². The van der Waals surface area contributed by atoms with Gasteiger partial charge in [0.15, 0.2) is 0 Å². The summed E-state index contributed by atoms with van der Waals surface area (Å²) in [6, 6.07) is 5.80. The van der Waals surface area contributed by atoms with Gasteiger partial charge in [0.2, 0.25) is 0 Å². The van der Waals surface area contributed by atoms with Gasteiger partial charge in [-0.1, -0.05) is 12.8 Å². The zero-order valence-corrected chi connectivity index (χ0v) is 10.4. The Hall–Kier alpha value is -1.77. The van der Waals surface area contributed by atoms with Crippen molar-refractivity contribution in [3.63, 3.8) is 0 Å². The Morgan fingerprint density at radius 3 is 2.83 bits per heavy atom. The molecule has 0 radical (unpaired) electrons. The van der Waals surface area contributed by atoms with E-state index in [1.165, 1.54) is 25.7 Å². The molecule has 1 fully saturated rings. The molecule has 2 aromatic rings. The number of rotatable bonds is 3. The zero-order chi connectivity index (χ0) is 12.4. The van der Waals surface area contributed by atoms with Crippen molar-refractivity contribution in [1.82, 2.24) is 4.98 Å². The first kappa shape index (κ1) is 11.3. The summed E-state index contributed by atoms with van der Waals surface area (Å²) in [6.07, 6.45) is 8.88. The molecule has 0 bridgehead atoms. The Morgan fingerprint density at radius 1 is 1.17 bits per heavy atom. The number of benzene rings is 1. The van der Waals surface area contributed by atoms with Gasteiger partial charge < -0.3 is 10.5 Å². The number of nitrogen functional groups attached to an aromatic ring is 1. The maximum atomic E-state index is 5.96.